The lowest BCUT2D eigenvalue weighted by Crippen LogP contribution is -2.35. The Labute approximate surface area is 329 Å². The smallest absolute Gasteiger partial charge is 0.346 e. The molecule has 302 valence electrons. The molecule has 1 amide bonds. The third-order valence-electron chi connectivity index (χ3n) is 10.0. The normalized spacial score (nSPS) is 17.7. The molecule has 12 nitrogen and oxygen atoms in total. The number of nitrogens with one attached hydrogen (secondary N) is 2. The quantitative estimate of drug-likeness (QED) is 0.111. The number of benzene rings is 2. The highest BCUT2D eigenvalue weighted by molar-refractivity contribution is 7.92. The number of rotatable bonds is 10. The number of fused-ring (bicyclic) bond motifs is 4. The number of allylic oxidation sites excluding steroid dienone is 1. The summed E-state index contributed by atoms with van der Waals surface area (Å²) in [6.07, 6.45) is -1.43. The van der Waals surface area contributed by atoms with E-state index in [9.17, 15) is 35.2 Å². The number of amides is 1. The van der Waals surface area contributed by atoms with Gasteiger partial charge in [-0.25, -0.2) is 27.2 Å². The summed E-state index contributed by atoms with van der Waals surface area (Å²) in [6, 6.07) is 7.53. The molecule has 0 bridgehead atoms. The van der Waals surface area contributed by atoms with Gasteiger partial charge >= 0.3 is 6.18 Å². The van der Waals surface area contributed by atoms with E-state index in [1.165, 1.54) is 24.1 Å². The molecule has 4 aromatic heterocycles. The maximum Gasteiger partial charge on any atom is 0.435 e. The third kappa shape index (κ3) is 6.76. The van der Waals surface area contributed by atoms with Crippen molar-refractivity contribution in [1.82, 2.24) is 39.4 Å². The van der Waals surface area contributed by atoms with Crippen molar-refractivity contribution in [2.75, 3.05) is 11.0 Å². The Morgan fingerprint density at radius 1 is 1.03 bits per heavy atom. The molecular formula is C37H29ClF7N9O3S. The first kappa shape index (κ1) is 39.1. The van der Waals surface area contributed by atoms with Gasteiger partial charge in [0.1, 0.15) is 29.6 Å². The fraction of sp³-hybridized carbons (Fsp3) is 0.270. The van der Waals surface area contributed by atoms with Gasteiger partial charge in [0.15, 0.2) is 11.5 Å². The summed E-state index contributed by atoms with van der Waals surface area (Å²) in [4.78, 5) is 23.2. The minimum absolute atomic E-state index is 0.0182. The minimum atomic E-state index is -5.12. The molecule has 58 heavy (non-hydrogen) atoms. The molecule has 3 atom stereocenters. The van der Waals surface area contributed by atoms with Crippen molar-refractivity contribution in [1.29, 1.82) is 0 Å². The average Bonchev–Trinajstić information content (AvgIpc) is 3.46. The number of carbonyl (C=O) groups excluding carboxylic acids is 1. The van der Waals surface area contributed by atoms with E-state index in [1.807, 2.05) is 0 Å². The molecule has 21 heteroatoms. The van der Waals surface area contributed by atoms with Gasteiger partial charge in [-0.05, 0) is 36.2 Å². The Morgan fingerprint density at radius 3 is 2.36 bits per heavy atom. The number of anilines is 1. The summed E-state index contributed by atoms with van der Waals surface area (Å²) in [5, 5.41) is 10.7. The Balaban J connectivity index is 1.29. The highest BCUT2D eigenvalue weighted by Gasteiger charge is 2.71. The van der Waals surface area contributed by atoms with Crippen LogP contribution in [0.3, 0.4) is 0 Å². The average molecular weight is 848 g/mol. The maximum absolute atomic E-state index is 15.6. The SMILES string of the molecule is C=C1[C@@H]2c3c(C(F)(F)F)nn(CC(=O)N[C@@H](Cc4cc(F)cc(F)c4)c4nc(-c5cn(C)cn5)ccc4-c4ccc(Cl)c5c(NS(C)(=O)=O)nn(C)c45)c3C(F)(F)[C@H]12. The molecular weight excluding hydrogens is 819 g/mol. The van der Waals surface area contributed by atoms with Gasteiger partial charge in [0, 0.05) is 49.0 Å². The fourth-order valence-corrected chi connectivity index (χ4v) is 8.49. The first-order chi connectivity index (χ1) is 27.1. The van der Waals surface area contributed by atoms with Gasteiger partial charge in [-0.1, -0.05) is 35.9 Å². The van der Waals surface area contributed by atoms with Gasteiger partial charge < -0.3 is 9.88 Å². The van der Waals surface area contributed by atoms with E-state index in [2.05, 4.69) is 31.8 Å². The van der Waals surface area contributed by atoms with E-state index < -0.39 is 81.0 Å². The summed E-state index contributed by atoms with van der Waals surface area (Å²) in [6.45, 7) is 2.40. The molecule has 0 spiro atoms. The Bertz CT molecular complexity index is 2810. The van der Waals surface area contributed by atoms with Crippen molar-refractivity contribution in [3.63, 3.8) is 0 Å². The number of aryl methyl sites for hydroxylation is 2. The number of nitrogens with zero attached hydrogens (tertiary/aromatic N) is 7. The van der Waals surface area contributed by atoms with Crippen molar-refractivity contribution < 1.29 is 43.9 Å². The molecule has 0 aliphatic heterocycles. The number of alkyl halides is 5. The second-order valence-corrected chi connectivity index (χ2v) is 16.4. The molecule has 6 aromatic rings. The van der Waals surface area contributed by atoms with E-state index in [0.29, 0.717) is 27.5 Å². The summed E-state index contributed by atoms with van der Waals surface area (Å²) >= 11 is 6.59. The number of sulfonamides is 1. The van der Waals surface area contributed by atoms with Crippen LogP contribution in [0.15, 0.2) is 67.1 Å². The zero-order chi connectivity index (χ0) is 41.8. The highest BCUT2D eigenvalue weighted by atomic mass is 35.5. The van der Waals surface area contributed by atoms with Gasteiger partial charge in [0.25, 0.3) is 5.92 Å². The van der Waals surface area contributed by atoms with Gasteiger partial charge in [0.05, 0.1) is 51.9 Å². The highest BCUT2D eigenvalue weighted by Crippen LogP contribution is 2.71. The van der Waals surface area contributed by atoms with Crippen molar-refractivity contribution >= 4 is 44.3 Å². The van der Waals surface area contributed by atoms with Crippen molar-refractivity contribution in [2.24, 2.45) is 20.0 Å². The van der Waals surface area contributed by atoms with Gasteiger partial charge in [-0.15, -0.1) is 0 Å². The van der Waals surface area contributed by atoms with Crippen LogP contribution >= 0.6 is 11.6 Å². The van der Waals surface area contributed by atoms with Crippen LogP contribution in [-0.4, -0.2) is 54.7 Å². The van der Waals surface area contributed by atoms with E-state index in [4.69, 9.17) is 16.6 Å². The summed E-state index contributed by atoms with van der Waals surface area (Å²) in [5.41, 5.74) is -1.80. The van der Waals surface area contributed by atoms with E-state index in [-0.39, 0.29) is 50.7 Å². The van der Waals surface area contributed by atoms with Crippen molar-refractivity contribution in [2.45, 2.75) is 37.0 Å². The Hall–Kier alpha value is -5.76. The fourth-order valence-electron chi connectivity index (χ4n) is 7.76. The molecule has 1 fully saturated rings. The van der Waals surface area contributed by atoms with Gasteiger partial charge in [0.2, 0.25) is 15.9 Å². The van der Waals surface area contributed by atoms with Crippen LogP contribution in [-0.2, 0) is 54.0 Å². The first-order valence-corrected chi connectivity index (χ1v) is 19.5. The van der Waals surface area contributed by atoms with Crippen LogP contribution in [0.2, 0.25) is 5.02 Å². The van der Waals surface area contributed by atoms with E-state index >= 15 is 8.78 Å². The Kier molecular flexibility index (Phi) is 9.03. The predicted molar refractivity (Wildman–Crippen MR) is 197 cm³/mol. The Morgan fingerprint density at radius 2 is 1.72 bits per heavy atom. The molecule has 8 rings (SSSR count). The summed E-state index contributed by atoms with van der Waals surface area (Å²) in [7, 11) is -0.613. The van der Waals surface area contributed by atoms with Crippen molar-refractivity contribution in [3.8, 4) is 22.5 Å². The monoisotopic (exact) mass is 847 g/mol. The lowest BCUT2D eigenvalue weighted by molar-refractivity contribution is -0.142. The molecule has 2 aromatic carbocycles. The largest absolute Gasteiger partial charge is 0.435 e. The van der Waals surface area contributed by atoms with Crippen molar-refractivity contribution in [3.05, 3.63) is 112 Å². The first-order valence-electron chi connectivity index (χ1n) is 17.2. The predicted octanol–water partition coefficient (Wildman–Crippen LogP) is 7.03. The minimum Gasteiger partial charge on any atom is -0.346 e. The summed E-state index contributed by atoms with van der Waals surface area (Å²) in [5.74, 6) is -9.74. The van der Waals surface area contributed by atoms with E-state index in [0.717, 1.165) is 18.4 Å². The summed E-state index contributed by atoms with van der Waals surface area (Å²) < 4.78 is 133. The molecule has 0 saturated heterocycles. The lowest BCUT2D eigenvalue weighted by Gasteiger charge is -2.23. The zero-order valence-corrected chi connectivity index (χ0v) is 31.9. The molecule has 0 radical (unpaired) electrons. The third-order valence-corrected chi connectivity index (χ3v) is 10.9. The van der Waals surface area contributed by atoms with Crippen LogP contribution in [0.5, 0.6) is 0 Å². The van der Waals surface area contributed by atoms with Crippen LogP contribution in [0.25, 0.3) is 33.4 Å². The topological polar surface area (TPSA) is 142 Å². The van der Waals surface area contributed by atoms with Crippen LogP contribution in [0, 0.1) is 17.6 Å². The van der Waals surface area contributed by atoms with Crippen LogP contribution in [0.1, 0.15) is 40.2 Å². The number of hydrogen-bond donors (Lipinski definition) is 2. The number of aromatic nitrogens is 7. The molecule has 2 aliphatic rings. The molecule has 2 aliphatic carbocycles. The van der Waals surface area contributed by atoms with Crippen LogP contribution < -0.4 is 10.0 Å². The molecule has 1 saturated carbocycles. The van der Waals surface area contributed by atoms with E-state index in [1.54, 1.807) is 36.0 Å². The number of hydrogen-bond acceptors (Lipinski definition) is 7. The zero-order valence-electron chi connectivity index (χ0n) is 30.3. The number of halogens is 8. The van der Waals surface area contributed by atoms with Crippen LogP contribution in [0.4, 0.5) is 36.6 Å². The maximum atomic E-state index is 15.6. The van der Waals surface area contributed by atoms with Gasteiger partial charge in [-0.3, -0.25) is 18.9 Å². The standard InChI is InChI=1S/C37H29ClF7N9O3S/c1-16-27-29-33(37(43,44)45)49-54(34(29)36(41,42)30(16)27)14-26(55)47-24(11-17-9-18(39)12-19(40)10-17)31-20(6-8-23(48-31)25-13-52(2)15-46-25)21-5-7-22(38)28-32(21)53(3)50-35(28)51-58(4,56)57/h5-10,12-13,15,24,27,30H,1,11,14H2,2-4H3,(H,47,55)(H,50,51)/t24-,27+,30+/m0/s1. The molecule has 4 heterocycles. The lowest BCUT2D eigenvalue weighted by atomic mass is 9.93. The number of pyridine rings is 1. The second kappa shape index (κ2) is 13.4. The number of imidazole rings is 1. The second-order valence-electron chi connectivity index (χ2n) is 14.2. The molecule has 2 N–H and O–H groups in total. The number of carbonyl (C=O) groups is 1. The van der Waals surface area contributed by atoms with Gasteiger partial charge in [-0.2, -0.15) is 32.1 Å². The molecule has 0 unspecified atom stereocenters.